The van der Waals surface area contributed by atoms with Crippen LogP contribution >= 0.6 is 22.9 Å². The van der Waals surface area contributed by atoms with Gasteiger partial charge in [-0.3, -0.25) is 14.7 Å². The second-order valence-electron chi connectivity index (χ2n) is 7.05. The van der Waals surface area contributed by atoms with Crippen molar-refractivity contribution in [2.24, 2.45) is 0 Å². The minimum atomic E-state index is -3.45. The molecule has 0 bridgehead atoms. The quantitative estimate of drug-likeness (QED) is 0.413. The summed E-state index contributed by atoms with van der Waals surface area (Å²) in [5.41, 5.74) is 2.61. The molecule has 0 aliphatic carbocycles. The number of thiazole rings is 1. The highest BCUT2D eigenvalue weighted by Crippen LogP contribution is 2.36. The average molecular weight is 472 g/mol. The second kappa shape index (κ2) is 8.37. The Bertz CT molecular complexity index is 1350. The van der Waals surface area contributed by atoms with Crippen LogP contribution in [-0.4, -0.2) is 30.5 Å². The molecule has 1 amide bonds. The van der Waals surface area contributed by atoms with E-state index in [1.54, 1.807) is 24.4 Å². The largest absolute Gasteiger partial charge is 0.278 e. The van der Waals surface area contributed by atoms with Gasteiger partial charge in [-0.15, -0.1) is 0 Å². The molecule has 4 rings (SSSR count). The maximum atomic E-state index is 13.5. The van der Waals surface area contributed by atoms with E-state index in [1.807, 2.05) is 31.2 Å². The van der Waals surface area contributed by atoms with Gasteiger partial charge in [0.15, 0.2) is 15.0 Å². The summed E-state index contributed by atoms with van der Waals surface area (Å²) in [6, 6.07) is 15.1. The van der Waals surface area contributed by atoms with Crippen LogP contribution < -0.4 is 4.90 Å². The van der Waals surface area contributed by atoms with Gasteiger partial charge in [0, 0.05) is 18.0 Å². The first kappa shape index (κ1) is 21.4. The average Bonchev–Trinajstić information content (AvgIpc) is 3.21. The van der Waals surface area contributed by atoms with Crippen molar-refractivity contribution in [2.75, 3.05) is 11.2 Å². The molecule has 0 aliphatic rings. The number of amides is 1. The molecule has 0 spiro atoms. The molecule has 0 saturated heterocycles. The number of halogens is 1. The molecule has 31 heavy (non-hydrogen) atoms. The number of hydrogen-bond donors (Lipinski definition) is 0. The number of carbonyl (C=O) groups excluding carboxylic acids is 1. The number of fused-ring (bicyclic) bond motifs is 1. The molecular formula is C22H18ClN3O3S2. The van der Waals surface area contributed by atoms with Crippen LogP contribution in [0.25, 0.3) is 10.2 Å². The molecule has 0 radical (unpaired) electrons. The van der Waals surface area contributed by atoms with Crippen molar-refractivity contribution in [3.05, 3.63) is 82.6 Å². The van der Waals surface area contributed by atoms with Crippen LogP contribution in [0.4, 0.5) is 5.13 Å². The molecule has 9 heteroatoms. The topological polar surface area (TPSA) is 80.2 Å². The van der Waals surface area contributed by atoms with Crippen LogP contribution in [0.5, 0.6) is 0 Å². The number of nitrogens with zero attached hydrogens (tertiary/aromatic N) is 3. The lowest BCUT2D eigenvalue weighted by atomic mass is 10.2. The molecule has 0 N–H and O–H groups in total. The van der Waals surface area contributed by atoms with Gasteiger partial charge in [0.05, 0.1) is 32.4 Å². The smallest absolute Gasteiger partial charge is 0.260 e. The first-order valence-electron chi connectivity index (χ1n) is 9.31. The van der Waals surface area contributed by atoms with Crippen LogP contribution in [0.3, 0.4) is 0 Å². The van der Waals surface area contributed by atoms with E-state index in [9.17, 15) is 13.2 Å². The van der Waals surface area contributed by atoms with E-state index >= 15 is 0 Å². The molecule has 6 nitrogen and oxygen atoms in total. The molecule has 2 aromatic carbocycles. The van der Waals surface area contributed by atoms with Crippen LogP contribution in [0, 0.1) is 6.92 Å². The Balaban J connectivity index is 1.83. The van der Waals surface area contributed by atoms with Crippen LogP contribution in [0.15, 0.2) is 65.7 Å². The van der Waals surface area contributed by atoms with Gasteiger partial charge in [0.25, 0.3) is 5.91 Å². The molecular weight excluding hydrogens is 454 g/mol. The number of carbonyl (C=O) groups is 1. The molecule has 0 aliphatic heterocycles. The summed E-state index contributed by atoms with van der Waals surface area (Å²) >= 11 is 7.68. The Morgan fingerprint density at radius 1 is 1.13 bits per heavy atom. The Morgan fingerprint density at radius 2 is 1.94 bits per heavy atom. The van der Waals surface area contributed by atoms with E-state index in [4.69, 9.17) is 11.6 Å². The first-order chi connectivity index (χ1) is 14.7. The predicted octanol–water partition coefficient (Wildman–Crippen LogP) is 4.90. The lowest BCUT2D eigenvalue weighted by molar-refractivity contribution is 0.0984. The summed E-state index contributed by atoms with van der Waals surface area (Å²) in [5, 5.41) is 1.03. The number of benzene rings is 2. The van der Waals surface area contributed by atoms with E-state index in [2.05, 4.69) is 9.97 Å². The van der Waals surface area contributed by atoms with Gasteiger partial charge >= 0.3 is 0 Å². The third kappa shape index (κ3) is 4.46. The number of sulfone groups is 1. The van der Waals surface area contributed by atoms with Gasteiger partial charge < -0.3 is 0 Å². The van der Waals surface area contributed by atoms with Crippen molar-refractivity contribution in [3.8, 4) is 0 Å². The number of hydrogen-bond acceptors (Lipinski definition) is 6. The number of pyridine rings is 1. The zero-order valence-corrected chi connectivity index (χ0v) is 19.1. The summed E-state index contributed by atoms with van der Waals surface area (Å²) in [5.74, 6) is -0.371. The lowest BCUT2D eigenvalue weighted by Gasteiger charge is -2.20. The predicted molar refractivity (Wildman–Crippen MR) is 124 cm³/mol. The monoisotopic (exact) mass is 471 g/mol. The van der Waals surface area contributed by atoms with Crippen molar-refractivity contribution < 1.29 is 13.2 Å². The van der Waals surface area contributed by atoms with Crippen LogP contribution in [-0.2, 0) is 16.4 Å². The summed E-state index contributed by atoms with van der Waals surface area (Å²) < 4.78 is 24.7. The van der Waals surface area contributed by atoms with E-state index in [0.29, 0.717) is 15.8 Å². The van der Waals surface area contributed by atoms with Gasteiger partial charge in [-0.25, -0.2) is 13.4 Å². The molecule has 4 aromatic rings. The molecule has 0 atom stereocenters. The summed E-state index contributed by atoms with van der Waals surface area (Å²) in [6.45, 7) is 2.11. The minimum Gasteiger partial charge on any atom is -0.278 e. The maximum Gasteiger partial charge on any atom is 0.260 e. The van der Waals surface area contributed by atoms with E-state index in [-0.39, 0.29) is 22.9 Å². The Kier molecular flexibility index (Phi) is 5.79. The third-order valence-corrected chi connectivity index (χ3v) is 7.37. The fourth-order valence-electron chi connectivity index (χ4n) is 3.10. The molecule has 0 unspecified atom stereocenters. The highest BCUT2D eigenvalue weighted by atomic mass is 35.5. The summed E-state index contributed by atoms with van der Waals surface area (Å²) in [7, 11) is -3.45. The molecule has 0 saturated carbocycles. The SMILES string of the molecule is Cc1ccc(Cl)c2sc(N(Cc3ccccn3)C(=O)c3cccc(S(C)(=O)=O)c3)nc12. The van der Waals surface area contributed by atoms with Crippen molar-refractivity contribution in [1.29, 1.82) is 0 Å². The van der Waals surface area contributed by atoms with Gasteiger partial charge in [-0.2, -0.15) is 0 Å². The Morgan fingerprint density at radius 3 is 2.61 bits per heavy atom. The van der Waals surface area contributed by atoms with Crippen molar-refractivity contribution in [1.82, 2.24) is 9.97 Å². The van der Waals surface area contributed by atoms with Crippen molar-refractivity contribution >= 4 is 54.0 Å². The van der Waals surface area contributed by atoms with Gasteiger partial charge in [0.1, 0.15) is 0 Å². The highest BCUT2D eigenvalue weighted by Gasteiger charge is 2.24. The minimum absolute atomic E-state index is 0.0827. The van der Waals surface area contributed by atoms with Crippen molar-refractivity contribution in [2.45, 2.75) is 18.4 Å². The maximum absolute atomic E-state index is 13.5. The van der Waals surface area contributed by atoms with Crippen molar-refractivity contribution in [3.63, 3.8) is 0 Å². The fourth-order valence-corrected chi connectivity index (χ4v) is 5.08. The lowest BCUT2D eigenvalue weighted by Crippen LogP contribution is -2.30. The van der Waals surface area contributed by atoms with Crippen LogP contribution in [0.2, 0.25) is 5.02 Å². The van der Waals surface area contributed by atoms with Gasteiger partial charge in [0.2, 0.25) is 0 Å². The van der Waals surface area contributed by atoms with Gasteiger partial charge in [-0.1, -0.05) is 41.1 Å². The van der Waals surface area contributed by atoms with Gasteiger partial charge in [-0.05, 0) is 48.9 Å². The third-order valence-electron chi connectivity index (χ3n) is 4.72. The number of rotatable bonds is 5. The summed E-state index contributed by atoms with van der Waals surface area (Å²) in [6.07, 6.45) is 2.77. The zero-order chi connectivity index (χ0) is 22.2. The molecule has 0 fully saturated rings. The highest BCUT2D eigenvalue weighted by molar-refractivity contribution is 7.90. The van der Waals surface area contributed by atoms with Crippen LogP contribution in [0.1, 0.15) is 21.6 Å². The van der Waals surface area contributed by atoms with E-state index < -0.39 is 9.84 Å². The van der Waals surface area contributed by atoms with E-state index in [1.165, 1.54) is 28.4 Å². The normalized spacial score (nSPS) is 11.6. The Hall–Kier alpha value is -2.81. The standard InChI is InChI=1S/C22H18ClN3O3S2/c1-14-9-10-18(23)20-19(14)25-22(30-20)26(13-16-7-3-4-11-24-16)21(27)15-6-5-8-17(12-15)31(2,28)29/h3-12H,13H2,1-2H3. The Labute approximate surface area is 189 Å². The zero-order valence-electron chi connectivity index (χ0n) is 16.7. The number of anilines is 1. The fraction of sp³-hybridized carbons (Fsp3) is 0.136. The summed E-state index contributed by atoms with van der Waals surface area (Å²) in [4.78, 5) is 24.1. The molecule has 2 aromatic heterocycles. The second-order valence-corrected chi connectivity index (χ2v) is 10.5. The number of aromatic nitrogens is 2. The first-order valence-corrected chi connectivity index (χ1v) is 12.4. The molecule has 2 heterocycles. The number of aryl methyl sites for hydroxylation is 1. The van der Waals surface area contributed by atoms with E-state index in [0.717, 1.165) is 22.0 Å². The molecule has 158 valence electrons.